The Bertz CT molecular complexity index is 701. The minimum absolute atomic E-state index is 0.360. The Kier molecular flexibility index (Phi) is 3.15. The smallest absolute Gasteiger partial charge is 0.332 e. The summed E-state index contributed by atoms with van der Waals surface area (Å²) >= 11 is 0. The van der Waals surface area contributed by atoms with Gasteiger partial charge in [-0.2, -0.15) is 0 Å². The summed E-state index contributed by atoms with van der Waals surface area (Å²) in [6.07, 6.45) is 1.56. The number of fused-ring (bicyclic) bond motifs is 1. The molecule has 0 aliphatic rings. The second kappa shape index (κ2) is 4.61. The van der Waals surface area contributed by atoms with E-state index in [1.165, 1.54) is 11.6 Å². The first-order valence-electron chi connectivity index (χ1n) is 5.56. The molecule has 7 nitrogen and oxygen atoms in total. The van der Waals surface area contributed by atoms with E-state index in [0.717, 1.165) is 4.57 Å². The van der Waals surface area contributed by atoms with Gasteiger partial charge in [-0.3, -0.25) is 13.9 Å². The van der Waals surface area contributed by atoms with E-state index in [4.69, 9.17) is 5.73 Å². The predicted octanol–water partition coefficient (Wildman–Crippen LogP) is -0.997. The third-order valence-corrected chi connectivity index (χ3v) is 2.80. The third kappa shape index (κ3) is 1.78. The molecule has 0 aromatic carbocycles. The highest BCUT2D eigenvalue weighted by Crippen LogP contribution is 2.15. The predicted molar refractivity (Wildman–Crippen MR) is 69.8 cm³/mol. The molecule has 0 saturated carbocycles. The number of pyridine rings is 1. The SMILES string of the molecule is Cn1c(=O)c2c(NCCN)ccnc2n(C)c1=O. The van der Waals surface area contributed by atoms with E-state index >= 15 is 0 Å². The van der Waals surface area contributed by atoms with Crippen LogP contribution in [0.25, 0.3) is 11.0 Å². The number of aryl methyl sites for hydroxylation is 1. The fourth-order valence-electron chi connectivity index (χ4n) is 1.84. The molecule has 0 fully saturated rings. The number of anilines is 1. The van der Waals surface area contributed by atoms with Crippen LogP contribution in [0, 0.1) is 0 Å². The van der Waals surface area contributed by atoms with E-state index in [2.05, 4.69) is 10.3 Å². The van der Waals surface area contributed by atoms with Crippen LogP contribution in [-0.2, 0) is 14.1 Å². The normalized spacial score (nSPS) is 10.8. The summed E-state index contributed by atoms with van der Waals surface area (Å²) in [4.78, 5) is 28.0. The van der Waals surface area contributed by atoms with Gasteiger partial charge >= 0.3 is 5.69 Å². The van der Waals surface area contributed by atoms with Gasteiger partial charge < -0.3 is 11.1 Å². The average Bonchev–Trinajstić information content (AvgIpc) is 2.40. The molecule has 0 spiro atoms. The van der Waals surface area contributed by atoms with Gasteiger partial charge in [-0.1, -0.05) is 0 Å². The van der Waals surface area contributed by atoms with Crippen LogP contribution < -0.4 is 22.3 Å². The molecule has 96 valence electrons. The second-order valence-electron chi connectivity index (χ2n) is 3.98. The standard InChI is InChI=1S/C11H15N5O2/c1-15-9-8(10(17)16(2)11(15)18)7(3-5-14-9)13-6-4-12/h3,5H,4,6,12H2,1-2H3,(H,13,14). The fraction of sp³-hybridized carbons (Fsp3) is 0.364. The lowest BCUT2D eigenvalue weighted by Gasteiger charge is -2.11. The largest absolute Gasteiger partial charge is 0.383 e. The summed E-state index contributed by atoms with van der Waals surface area (Å²) < 4.78 is 2.42. The molecule has 0 amide bonds. The lowest BCUT2D eigenvalue weighted by molar-refractivity contribution is 0.708. The number of aromatic nitrogens is 3. The molecule has 0 aliphatic carbocycles. The van der Waals surface area contributed by atoms with Crippen LogP contribution in [-0.4, -0.2) is 27.2 Å². The summed E-state index contributed by atoms with van der Waals surface area (Å²) in [6, 6.07) is 1.70. The minimum Gasteiger partial charge on any atom is -0.383 e. The molecular formula is C11H15N5O2. The van der Waals surface area contributed by atoms with Gasteiger partial charge in [0.05, 0.1) is 5.69 Å². The minimum atomic E-state index is -0.393. The number of rotatable bonds is 3. The van der Waals surface area contributed by atoms with Gasteiger partial charge in [0, 0.05) is 33.4 Å². The highest BCUT2D eigenvalue weighted by atomic mass is 16.2. The molecule has 0 saturated heterocycles. The maximum absolute atomic E-state index is 12.1. The quantitative estimate of drug-likeness (QED) is 0.727. The fourth-order valence-corrected chi connectivity index (χ4v) is 1.84. The topological polar surface area (TPSA) is 94.9 Å². The van der Waals surface area contributed by atoms with Crippen molar-refractivity contribution in [3.05, 3.63) is 33.1 Å². The van der Waals surface area contributed by atoms with Crippen molar-refractivity contribution >= 4 is 16.7 Å². The Balaban J connectivity index is 2.84. The molecule has 0 aliphatic heterocycles. The molecule has 2 aromatic rings. The van der Waals surface area contributed by atoms with Crippen LogP contribution in [0.5, 0.6) is 0 Å². The molecule has 2 heterocycles. The van der Waals surface area contributed by atoms with Gasteiger partial charge in [-0.05, 0) is 6.07 Å². The summed E-state index contributed by atoms with van der Waals surface area (Å²) in [5.74, 6) is 0. The first-order chi connectivity index (χ1) is 8.57. The monoisotopic (exact) mass is 249 g/mol. The zero-order valence-corrected chi connectivity index (χ0v) is 10.3. The number of nitrogens with two attached hydrogens (primary N) is 1. The zero-order valence-electron chi connectivity index (χ0n) is 10.3. The van der Waals surface area contributed by atoms with Crippen LogP contribution in [0.3, 0.4) is 0 Å². The Morgan fingerprint density at radius 3 is 2.72 bits per heavy atom. The van der Waals surface area contributed by atoms with Crippen molar-refractivity contribution in [1.29, 1.82) is 0 Å². The zero-order chi connectivity index (χ0) is 13.3. The maximum atomic E-state index is 12.1. The summed E-state index contributed by atoms with van der Waals surface area (Å²) in [5, 5.41) is 3.46. The lowest BCUT2D eigenvalue weighted by atomic mass is 10.2. The van der Waals surface area contributed by atoms with Gasteiger partial charge in [-0.25, -0.2) is 9.78 Å². The summed E-state index contributed by atoms with van der Waals surface area (Å²) in [5.41, 5.74) is 5.68. The van der Waals surface area contributed by atoms with Crippen LogP contribution in [0.4, 0.5) is 5.69 Å². The Labute approximate surface area is 103 Å². The van der Waals surface area contributed by atoms with Crippen molar-refractivity contribution in [2.75, 3.05) is 18.4 Å². The summed E-state index contributed by atoms with van der Waals surface area (Å²) in [6.45, 7) is 1.00. The molecule has 2 aromatic heterocycles. The van der Waals surface area contributed by atoms with Crippen LogP contribution in [0.15, 0.2) is 21.9 Å². The molecule has 3 N–H and O–H groups in total. The number of nitrogens with one attached hydrogen (secondary N) is 1. The van der Waals surface area contributed by atoms with Crippen molar-refractivity contribution in [3.63, 3.8) is 0 Å². The van der Waals surface area contributed by atoms with Gasteiger partial charge in [0.25, 0.3) is 5.56 Å². The molecule has 0 unspecified atom stereocenters. The highest BCUT2D eigenvalue weighted by Gasteiger charge is 2.12. The van der Waals surface area contributed by atoms with Crippen molar-refractivity contribution < 1.29 is 0 Å². The number of hydrogen-bond acceptors (Lipinski definition) is 5. The van der Waals surface area contributed by atoms with Gasteiger partial charge in [-0.15, -0.1) is 0 Å². The van der Waals surface area contributed by atoms with Crippen LogP contribution in [0.1, 0.15) is 0 Å². The molecule has 18 heavy (non-hydrogen) atoms. The first-order valence-corrected chi connectivity index (χ1v) is 5.56. The molecule has 7 heteroatoms. The van der Waals surface area contributed by atoms with Crippen LogP contribution >= 0.6 is 0 Å². The van der Waals surface area contributed by atoms with Crippen molar-refractivity contribution in [3.8, 4) is 0 Å². The Morgan fingerprint density at radius 2 is 2.06 bits per heavy atom. The van der Waals surface area contributed by atoms with E-state index in [9.17, 15) is 9.59 Å². The lowest BCUT2D eigenvalue weighted by Crippen LogP contribution is -2.37. The van der Waals surface area contributed by atoms with Gasteiger partial charge in [0.2, 0.25) is 0 Å². The van der Waals surface area contributed by atoms with E-state index in [0.29, 0.717) is 29.8 Å². The van der Waals surface area contributed by atoms with Crippen LogP contribution in [0.2, 0.25) is 0 Å². The van der Waals surface area contributed by atoms with Crippen molar-refractivity contribution in [2.45, 2.75) is 0 Å². The molecular weight excluding hydrogens is 234 g/mol. The van der Waals surface area contributed by atoms with Gasteiger partial charge in [0.1, 0.15) is 5.39 Å². The maximum Gasteiger partial charge on any atom is 0.332 e. The number of hydrogen-bond donors (Lipinski definition) is 2. The van der Waals surface area contributed by atoms with E-state index in [-0.39, 0.29) is 5.56 Å². The third-order valence-electron chi connectivity index (χ3n) is 2.80. The summed E-state index contributed by atoms with van der Waals surface area (Å²) in [7, 11) is 3.04. The highest BCUT2D eigenvalue weighted by molar-refractivity contribution is 5.87. The first kappa shape index (κ1) is 12.3. The van der Waals surface area contributed by atoms with Gasteiger partial charge in [0.15, 0.2) is 5.65 Å². The average molecular weight is 249 g/mol. The molecule has 0 bridgehead atoms. The van der Waals surface area contributed by atoms with E-state index < -0.39 is 5.69 Å². The van der Waals surface area contributed by atoms with E-state index in [1.54, 1.807) is 19.3 Å². The van der Waals surface area contributed by atoms with Crippen molar-refractivity contribution in [2.24, 2.45) is 19.8 Å². The number of nitrogens with zero attached hydrogens (tertiary/aromatic N) is 3. The molecule has 0 radical (unpaired) electrons. The molecule has 2 rings (SSSR count). The Hall–Kier alpha value is -2.15. The second-order valence-corrected chi connectivity index (χ2v) is 3.98. The van der Waals surface area contributed by atoms with E-state index in [1.807, 2.05) is 0 Å². The van der Waals surface area contributed by atoms with Crippen molar-refractivity contribution in [1.82, 2.24) is 14.1 Å². The molecule has 0 atom stereocenters. The Morgan fingerprint density at radius 1 is 1.33 bits per heavy atom.